The van der Waals surface area contributed by atoms with E-state index in [1.165, 1.54) is 51.4 Å². The Balaban J connectivity index is 3.11. The Hall–Kier alpha value is -1.32. The van der Waals surface area contributed by atoms with E-state index in [1.807, 2.05) is 0 Å². The first-order chi connectivity index (χ1) is 8.91. The lowest BCUT2D eigenvalue weighted by molar-refractivity contribution is 0.656. The molecule has 0 fully saturated rings. The van der Waals surface area contributed by atoms with E-state index in [4.69, 9.17) is 12.8 Å². The Morgan fingerprint density at radius 3 is 1.11 bits per heavy atom. The zero-order valence-electron chi connectivity index (χ0n) is 11.6. The van der Waals surface area contributed by atoms with E-state index >= 15 is 0 Å². The normalized spacial score (nSPS) is 9.00. The van der Waals surface area contributed by atoms with Gasteiger partial charge in [-0.25, -0.2) is 0 Å². The molecule has 0 aliphatic rings. The standard InChI is InChI=1S/C18H26/c1-3-5-7-9-11-13-15-17-18-16-14-12-10-8-6-4-2/h1-2H,5-16H2. The molecular formula is C18H26. The Kier molecular flexibility index (Phi) is 14.5. The van der Waals surface area contributed by atoms with Gasteiger partial charge in [0.25, 0.3) is 0 Å². The second kappa shape index (κ2) is 15.7. The molecule has 0 aromatic carbocycles. The molecule has 0 rings (SSSR count). The molecule has 0 spiro atoms. The minimum Gasteiger partial charge on any atom is -0.120 e. The van der Waals surface area contributed by atoms with E-state index in [9.17, 15) is 0 Å². The molecular weight excluding hydrogens is 216 g/mol. The van der Waals surface area contributed by atoms with Gasteiger partial charge >= 0.3 is 0 Å². The van der Waals surface area contributed by atoms with Crippen LogP contribution in [0.15, 0.2) is 0 Å². The van der Waals surface area contributed by atoms with Gasteiger partial charge in [-0.05, 0) is 25.7 Å². The summed E-state index contributed by atoms with van der Waals surface area (Å²) >= 11 is 0. The lowest BCUT2D eigenvalue weighted by atomic mass is 10.1. The van der Waals surface area contributed by atoms with Crippen molar-refractivity contribution in [2.24, 2.45) is 0 Å². The topological polar surface area (TPSA) is 0 Å². The molecule has 0 atom stereocenters. The monoisotopic (exact) mass is 242 g/mol. The second-order valence-electron chi connectivity index (χ2n) is 4.59. The fraction of sp³-hybridized carbons (Fsp3) is 0.667. The minimum atomic E-state index is 0.922. The zero-order chi connectivity index (χ0) is 13.3. The van der Waals surface area contributed by atoms with Gasteiger partial charge in [-0.2, -0.15) is 0 Å². The molecule has 0 radical (unpaired) electrons. The predicted molar refractivity (Wildman–Crippen MR) is 80.8 cm³/mol. The van der Waals surface area contributed by atoms with Crippen molar-refractivity contribution in [3.63, 3.8) is 0 Å². The van der Waals surface area contributed by atoms with Crippen LogP contribution in [-0.4, -0.2) is 0 Å². The lowest BCUT2D eigenvalue weighted by Crippen LogP contribution is -1.78. The summed E-state index contributed by atoms with van der Waals surface area (Å²) in [4.78, 5) is 0. The van der Waals surface area contributed by atoms with E-state index in [1.54, 1.807) is 0 Å². The van der Waals surface area contributed by atoms with E-state index in [0.717, 1.165) is 25.7 Å². The van der Waals surface area contributed by atoms with Gasteiger partial charge in [0, 0.05) is 25.7 Å². The van der Waals surface area contributed by atoms with E-state index in [2.05, 4.69) is 23.7 Å². The summed E-state index contributed by atoms with van der Waals surface area (Å²) in [5, 5.41) is 0. The first-order valence-corrected chi connectivity index (χ1v) is 7.24. The van der Waals surface area contributed by atoms with Gasteiger partial charge in [0.2, 0.25) is 0 Å². The average molecular weight is 242 g/mol. The molecule has 0 aliphatic heterocycles. The summed E-state index contributed by atoms with van der Waals surface area (Å²) in [6.07, 6.45) is 24.1. The van der Waals surface area contributed by atoms with Crippen LogP contribution in [-0.2, 0) is 0 Å². The van der Waals surface area contributed by atoms with Crippen molar-refractivity contribution >= 4 is 0 Å². The molecule has 0 N–H and O–H groups in total. The minimum absolute atomic E-state index is 0.922. The third-order valence-corrected chi connectivity index (χ3v) is 2.87. The molecule has 0 aliphatic carbocycles. The van der Waals surface area contributed by atoms with Gasteiger partial charge < -0.3 is 0 Å². The van der Waals surface area contributed by atoms with Crippen LogP contribution in [0, 0.1) is 36.5 Å². The van der Waals surface area contributed by atoms with Crippen molar-refractivity contribution in [1.29, 1.82) is 0 Å². The summed E-state index contributed by atoms with van der Waals surface area (Å²) in [5.41, 5.74) is 0. The van der Waals surface area contributed by atoms with E-state index in [0.29, 0.717) is 0 Å². The zero-order valence-corrected chi connectivity index (χ0v) is 11.6. The highest BCUT2D eigenvalue weighted by molar-refractivity contribution is 4.98. The van der Waals surface area contributed by atoms with E-state index < -0.39 is 0 Å². The van der Waals surface area contributed by atoms with Gasteiger partial charge in [0.1, 0.15) is 0 Å². The number of hydrogen-bond acceptors (Lipinski definition) is 0. The molecule has 0 amide bonds. The molecule has 18 heavy (non-hydrogen) atoms. The second-order valence-corrected chi connectivity index (χ2v) is 4.59. The molecule has 0 heteroatoms. The van der Waals surface area contributed by atoms with Crippen molar-refractivity contribution in [1.82, 2.24) is 0 Å². The van der Waals surface area contributed by atoms with Crippen molar-refractivity contribution < 1.29 is 0 Å². The SMILES string of the molecule is C#CCCCCCCC#CCCCCCCC#C. The Bertz CT molecular complexity index is 270. The predicted octanol–water partition coefficient (Wildman–Crippen LogP) is 4.94. The van der Waals surface area contributed by atoms with Crippen molar-refractivity contribution in [2.45, 2.75) is 77.0 Å². The van der Waals surface area contributed by atoms with Crippen molar-refractivity contribution in [2.75, 3.05) is 0 Å². The molecule has 0 aromatic heterocycles. The number of rotatable bonds is 10. The highest BCUT2D eigenvalue weighted by Crippen LogP contribution is 2.05. The maximum Gasteiger partial charge on any atom is 0.00886 e. The summed E-state index contributed by atoms with van der Waals surface area (Å²) in [5.74, 6) is 11.9. The highest BCUT2D eigenvalue weighted by atomic mass is 13.9. The Morgan fingerprint density at radius 2 is 0.778 bits per heavy atom. The molecule has 0 saturated heterocycles. The average Bonchev–Trinajstić information content (AvgIpc) is 2.39. The van der Waals surface area contributed by atoms with Crippen molar-refractivity contribution in [3.05, 3.63) is 0 Å². The van der Waals surface area contributed by atoms with Gasteiger partial charge in [-0.1, -0.05) is 25.7 Å². The fourth-order valence-electron chi connectivity index (χ4n) is 1.76. The van der Waals surface area contributed by atoms with Crippen LogP contribution in [0.25, 0.3) is 0 Å². The van der Waals surface area contributed by atoms with Gasteiger partial charge in [0.15, 0.2) is 0 Å². The largest absolute Gasteiger partial charge is 0.120 e. The van der Waals surface area contributed by atoms with Crippen LogP contribution in [0.1, 0.15) is 77.0 Å². The van der Waals surface area contributed by atoms with Crippen LogP contribution in [0.4, 0.5) is 0 Å². The summed E-state index contributed by atoms with van der Waals surface area (Å²) in [6, 6.07) is 0. The van der Waals surface area contributed by atoms with Crippen molar-refractivity contribution in [3.8, 4) is 36.5 Å². The summed E-state index contributed by atoms with van der Waals surface area (Å²) in [7, 11) is 0. The quantitative estimate of drug-likeness (QED) is 0.376. The molecule has 0 aromatic rings. The molecule has 0 unspecified atom stereocenters. The Morgan fingerprint density at radius 1 is 0.444 bits per heavy atom. The third-order valence-electron chi connectivity index (χ3n) is 2.87. The van der Waals surface area contributed by atoms with Gasteiger partial charge in [-0.15, -0.1) is 36.5 Å². The molecule has 0 nitrogen and oxygen atoms in total. The first kappa shape index (κ1) is 16.7. The smallest absolute Gasteiger partial charge is 0.00886 e. The van der Waals surface area contributed by atoms with Crippen LogP contribution in [0.5, 0.6) is 0 Å². The maximum atomic E-state index is 5.19. The number of terminal acetylenes is 2. The van der Waals surface area contributed by atoms with Crippen LogP contribution in [0.3, 0.4) is 0 Å². The highest BCUT2D eigenvalue weighted by Gasteiger charge is 1.88. The Labute approximate surface area is 114 Å². The summed E-state index contributed by atoms with van der Waals surface area (Å²) < 4.78 is 0. The lowest BCUT2D eigenvalue weighted by Gasteiger charge is -1.95. The molecule has 98 valence electrons. The third kappa shape index (κ3) is 14.7. The van der Waals surface area contributed by atoms with Crippen LogP contribution >= 0.6 is 0 Å². The number of hydrogen-bond donors (Lipinski definition) is 0. The molecule has 0 saturated carbocycles. The van der Waals surface area contributed by atoms with E-state index in [-0.39, 0.29) is 0 Å². The molecule has 0 heterocycles. The maximum absolute atomic E-state index is 5.19. The van der Waals surface area contributed by atoms with Crippen LogP contribution in [0.2, 0.25) is 0 Å². The summed E-state index contributed by atoms with van der Waals surface area (Å²) in [6.45, 7) is 0. The number of unbranched alkanes of at least 4 members (excludes halogenated alkanes) is 10. The van der Waals surface area contributed by atoms with Gasteiger partial charge in [0.05, 0.1) is 0 Å². The van der Waals surface area contributed by atoms with Gasteiger partial charge in [-0.3, -0.25) is 0 Å². The van der Waals surface area contributed by atoms with Crippen LogP contribution < -0.4 is 0 Å². The fourth-order valence-corrected chi connectivity index (χ4v) is 1.76. The first-order valence-electron chi connectivity index (χ1n) is 7.24. The molecule has 0 bridgehead atoms.